The minimum absolute atomic E-state index is 0.0528. The summed E-state index contributed by atoms with van der Waals surface area (Å²) in [5.74, 6) is -2.19. The summed E-state index contributed by atoms with van der Waals surface area (Å²) in [6.07, 6.45) is 3.65. The lowest BCUT2D eigenvalue weighted by atomic mass is 10.0. The maximum absolute atomic E-state index is 12.3. The van der Waals surface area contributed by atoms with Gasteiger partial charge in [0.05, 0.1) is 12.4 Å². The molecule has 10 heteroatoms. The Hall–Kier alpha value is -2.07. The number of carboxylic acids is 1. The number of hydrogen-bond acceptors (Lipinski definition) is 6. The number of carboxylic acid groups (broad SMARTS) is 1. The number of aromatic nitrogens is 2. The second-order valence-corrected chi connectivity index (χ2v) is 6.53. The maximum atomic E-state index is 12.3. The van der Waals surface area contributed by atoms with E-state index < -0.39 is 35.9 Å². The topological polar surface area (TPSA) is 150 Å². The second-order valence-electron chi connectivity index (χ2n) is 6.16. The summed E-state index contributed by atoms with van der Waals surface area (Å²) in [5, 5.41) is 14.0. The predicted octanol–water partition coefficient (Wildman–Crippen LogP) is -0.690. The maximum Gasteiger partial charge on any atom is 0.327 e. The number of rotatable bonds is 10. The van der Waals surface area contributed by atoms with Crippen LogP contribution in [0.3, 0.4) is 0 Å². The molecule has 140 valence electrons. The Balaban J connectivity index is 2.71. The Labute approximate surface area is 151 Å². The minimum atomic E-state index is -1.19. The molecular weight excluding hydrogens is 346 g/mol. The lowest BCUT2D eigenvalue weighted by Crippen LogP contribution is -2.55. The molecule has 0 bridgehead atoms. The number of amides is 2. The van der Waals surface area contributed by atoms with Crippen molar-refractivity contribution in [3.8, 4) is 0 Å². The summed E-state index contributed by atoms with van der Waals surface area (Å²) in [7, 11) is 0. The fraction of sp³-hybridized carbons (Fsp3) is 0.600. The zero-order valence-corrected chi connectivity index (χ0v) is 15.1. The summed E-state index contributed by atoms with van der Waals surface area (Å²) >= 11 is 3.91. The largest absolute Gasteiger partial charge is 0.480 e. The van der Waals surface area contributed by atoms with E-state index in [0.717, 1.165) is 0 Å². The van der Waals surface area contributed by atoms with Gasteiger partial charge in [0, 0.05) is 24.1 Å². The summed E-state index contributed by atoms with van der Waals surface area (Å²) in [4.78, 5) is 42.4. The second kappa shape index (κ2) is 10.0. The van der Waals surface area contributed by atoms with Crippen LogP contribution in [-0.4, -0.2) is 56.7 Å². The van der Waals surface area contributed by atoms with E-state index in [1.54, 1.807) is 6.20 Å². The molecule has 0 unspecified atom stereocenters. The quantitative estimate of drug-likeness (QED) is 0.300. The Morgan fingerprint density at radius 2 is 1.92 bits per heavy atom. The van der Waals surface area contributed by atoms with Gasteiger partial charge in [-0.05, 0) is 12.3 Å². The van der Waals surface area contributed by atoms with Crippen LogP contribution in [-0.2, 0) is 20.8 Å². The van der Waals surface area contributed by atoms with E-state index in [1.807, 2.05) is 13.8 Å². The van der Waals surface area contributed by atoms with Crippen molar-refractivity contribution in [1.82, 2.24) is 20.6 Å². The highest BCUT2D eigenvalue weighted by Gasteiger charge is 2.28. The van der Waals surface area contributed by atoms with Crippen molar-refractivity contribution in [3.63, 3.8) is 0 Å². The first-order valence-electron chi connectivity index (χ1n) is 7.91. The first-order chi connectivity index (χ1) is 11.7. The first-order valence-corrected chi connectivity index (χ1v) is 8.55. The third-order valence-corrected chi connectivity index (χ3v) is 3.83. The van der Waals surface area contributed by atoms with Gasteiger partial charge < -0.3 is 26.5 Å². The van der Waals surface area contributed by atoms with Gasteiger partial charge in [0.1, 0.15) is 12.1 Å². The molecule has 0 spiro atoms. The van der Waals surface area contributed by atoms with Crippen LogP contribution in [0.2, 0.25) is 0 Å². The van der Waals surface area contributed by atoms with Crippen molar-refractivity contribution in [3.05, 3.63) is 18.2 Å². The number of thiol groups is 1. The smallest absolute Gasteiger partial charge is 0.327 e. The molecule has 0 aliphatic carbocycles. The standard InChI is InChI=1S/C15H25N5O4S/c1-8(2)3-11(14(22)20-12(6-25)15(23)24)19-13(21)10(16)4-9-5-17-7-18-9/h5,7-8,10-12,25H,3-4,6,16H2,1-2H3,(H,17,18)(H,19,21)(H,20,22)(H,23,24)/t10-,11-,12-/m0/s1. The monoisotopic (exact) mass is 371 g/mol. The molecule has 0 aromatic carbocycles. The summed E-state index contributed by atoms with van der Waals surface area (Å²) in [6.45, 7) is 3.79. The van der Waals surface area contributed by atoms with Crippen LogP contribution in [0.1, 0.15) is 26.0 Å². The number of H-pyrrole nitrogens is 1. The number of hydrogen-bond donors (Lipinski definition) is 6. The molecule has 0 saturated heterocycles. The van der Waals surface area contributed by atoms with Crippen molar-refractivity contribution in [2.45, 2.75) is 44.8 Å². The van der Waals surface area contributed by atoms with Crippen LogP contribution in [0.4, 0.5) is 0 Å². The lowest BCUT2D eigenvalue weighted by Gasteiger charge is -2.23. The summed E-state index contributed by atoms with van der Waals surface area (Å²) < 4.78 is 0. The number of carbonyl (C=O) groups excluding carboxylic acids is 2. The molecule has 1 aromatic heterocycles. The van der Waals surface area contributed by atoms with Gasteiger partial charge in [0.2, 0.25) is 11.8 Å². The molecule has 1 heterocycles. The molecule has 0 saturated carbocycles. The van der Waals surface area contributed by atoms with Gasteiger partial charge in [-0.25, -0.2) is 9.78 Å². The van der Waals surface area contributed by atoms with E-state index in [-0.39, 0.29) is 18.1 Å². The van der Waals surface area contributed by atoms with E-state index in [0.29, 0.717) is 12.1 Å². The highest BCUT2D eigenvalue weighted by molar-refractivity contribution is 7.80. The molecule has 0 fully saturated rings. The third-order valence-electron chi connectivity index (χ3n) is 3.47. The summed E-state index contributed by atoms with van der Waals surface area (Å²) in [6, 6.07) is -2.86. The molecule has 1 rings (SSSR count). The fourth-order valence-corrected chi connectivity index (χ4v) is 2.41. The SMILES string of the molecule is CC(C)C[C@H](NC(=O)[C@@H](N)Cc1cnc[nH]1)C(=O)N[C@@H](CS)C(=O)O. The van der Waals surface area contributed by atoms with E-state index >= 15 is 0 Å². The average Bonchev–Trinajstić information content (AvgIpc) is 3.03. The van der Waals surface area contributed by atoms with Crippen LogP contribution in [0.5, 0.6) is 0 Å². The van der Waals surface area contributed by atoms with Gasteiger partial charge in [0.15, 0.2) is 0 Å². The van der Waals surface area contributed by atoms with Crippen LogP contribution in [0, 0.1) is 5.92 Å². The van der Waals surface area contributed by atoms with Crippen LogP contribution in [0.25, 0.3) is 0 Å². The molecule has 6 N–H and O–H groups in total. The minimum Gasteiger partial charge on any atom is -0.480 e. The van der Waals surface area contributed by atoms with Crippen molar-refractivity contribution < 1.29 is 19.5 Å². The van der Waals surface area contributed by atoms with Crippen LogP contribution >= 0.6 is 12.6 Å². The Bertz CT molecular complexity index is 578. The number of nitrogens with two attached hydrogens (primary N) is 1. The molecule has 0 aliphatic rings. The fourth-order valence-electron chi connectivity index (χ4n) is 2.17. The van der Waals surface area contributed by atoms with Gasteiger partial charge >= 0.3 is 5.97 Å². The van der Waals surface area contributed by atoms with Gasteiger partial charge in [0.25, 0.3) is 0 Å². The van der Waals surface area contributed by atoms with Crippen molar-refractivity contribution in [1.29, 1.82) is 0 Å². The van der Waals surface area contributed by atoms with Crippen molar-refractivity contribution >= 4 is 30.4 Å². The van der Waals surface area contributed by atoms with Crippen LogP contribution < -0.4 is 16.4 Å². The third kappa shape index (κ3) is 7.14. The number of nitrogens with zero attached hydrogens (tertiary/aromatic N) is 1. The molecule has 0 radical (unpaired) electrons. The molecule has 0 aliphatic heterocycles. The zero-order valence-electron chi connectivity index (χ0n) is 14.2. The molecular formula is C15H25N5O4S. The van der Waals surface area contributed by atoms with E-state index in [9.17, 15) is 14.4 Å². The van der Waals surface area contributed by atoms with Gasteiger partial charge in [-0.2, -0.15) is 12.6 Å². The lowest BCUT2D eigenvalue weighted by molar-refractivity contribution is -0.141. The molecule has 2 amide bonds. The average molecular weight is 371 g/mol. The molecule has 9 nitrogen and oxygen atoms in total. The van der Waals surface area contributed by atoms with Crippen molar-refractivity contribution in [2.24, 2.45) is 11.7 Å². The van der Waals surface area contributed by atoms with Crippen molar-refractivity contribution in [2.75, 3.05) is 5.75 Å². The van der Waals surface area contributed by atoms with E-state index in [4.69, 9.17) is 10.8 Å². The van der Waals surface area contributed by atoms with Gasteiger partial charge in [-0.1, -0.05) is 13.8 Å². The Morgan fingerprint density at radius 3 is 2.40 bits per heavy atom. The normalized spacial score (nSPS) is 14.6. The van der Waals surface area contributed by atoms with Gasteiger partial charge in [-0.3, -0.25) is 9.59 Å². The number of imidazole rings is 1. The van der Waals surface area contributed by atoms with Crippen LogP contribution in [0.15, 0.2) is 12.5 Å². The molecule has 3 atom stereocenters. The van der Waals surface area contributed by atoms with Gasteiger partial charge in [-0.15, -0.1) is 0 Å². The van der Waals surface area contributed by atoms with E-state index in [2.05, 4.69) is 33.2 Å². The zero-order chi connectivity index (χ0) is 19.0. The Kier molecular flexibility index (Phi) is 8.42. The Morgan fingerprint density at radius 1 is 1.28 bits per heavy atom. The molecule has 25 heavy (non-hydrogen) atoms. The highest BCUT2D eigenvalue weighted by Crippen LogP contribution is 2.07. The summed E-state index contributed by atoms with van der Waals surface area (Å²) in [5.41, 5.74) is 6.57. The number of carbonyl (C=O) groups is 3. The highest BCUT2D eigenvalue weighted by atomic mass is 32.1. The first kappa shape index (κ1) is 21.0. The predicted molar refractivity (Wildman–Crippen MR) is 95.1 cm³/mol. The number of aromatic amines is 1. The van der Waals surface area contributed by atoms with E-state index in [1.165, 1.54) is 6.33 Å². The molecule has 1 aromatic rings. The number of aliphatic carboxylic acids is 1. The number of nitrogens with one attached hydrogen (secondary N) is 3.